The van der Waals surface area contributed by atoms with Gasteiger partial charge < -0.3 is 5.32 Å². The van der Waals surface area contributed by atoms with Crippen molar-refractivity contribution in [3.63, 3.8) is 0 Å². The molecule has 0 bridgehead atoms. The van der Waals surface area contributed by atoms with E-state index in [1.165, 1.54) is 0 Å². The van der Waals surface area contributed by atoms with Crippen molar-refractivity contribution in [3.8, 4) is 0 Å². The molecule has 0 radical (unpaired) electrons. The van der Waals surface area contributed by atoms with Gasteiger partial charge in [0.25, 0.3) is 10.2 Å². The normalized spacial score (nSPS) is 31.5. The molecule has 3 saturated heterocycles. The molecule has 3 aliphatic rings. The Labute approximate surface area is 127 Å². The molecule has 0 aliphatic carbocycles. The van der Waals surface area contributed by atoms with Crippen molar-refractivity contribution in [1.82, 2.24) is 13.9 Å². The summed E-state index contributed by atoms with van der Waals surface area (Å²) in [7, 11) is -3.32. The largest absolute Gasteiger partial charge is 0.356 e. The fraction of sp³-hybridized carbons (Fsp3) is 0.929. The maximum Gasteiger partial charge on any atom is 0.281 e. The summed E-state index contributed by atoms with van der Waals surface area (Å²) < 4.78 is 28.7. The minimum Gasteiger partial charge on any atom is -0.356 e. The predicted molar refractivity (Wildman–Crippen MR) is 79.8 cm³/mol. The molecule has 0 aromatic heterocycles. The number of hydrogen-bond acceptors (Lipinski definition) is 3. The Morgan fingerprint density at radius 2 is 1.90 bits per heavy atom. The minimum absolute atomic E-state index is 0.00169. The van der Waals surface area contributed by atoms with Gasteiger partial charge in [-0.15, -0.1) is 0 Å². The number of rotatable bonds is 2. The number of nitrogens with one attached hydrogen (secondary N) is 1. The summed E-state index contributed by atoms with van der Waals surface area (Å²) in [5.74, 6) is 0.553. The van der Waals surface area contributed by atoms with E-state index in [9.17, 15) is 13.2 Å². The second-order valence-electron chi connectivity index (χ2n) is 6.97. The predicted octanol–water partition coefficient (Wildman–Crippen LogP) is 0.565. The highest BCUT2D eigenvalue weighted by Crippen LogP contribution is 2.38. The number of piperidine rings is 2. The molecule has 0 aromatic carbocycles. The van der Waals surface area contributed by atoms with E-state index in [2.05, 4.69) is 12.2 Å². The molecule has 1 spiro atoms. The van der Waals surface area contributed by atoms with Gasteiger partial charge in [-0.2, -0.15) is 17.0 Å². The molecule has 3 rings (SSSR count). The Hall–Kier alpha value is -0.660. The second-order valence-corrected chi connectivity index (χ2v) is 8.89. The van der Waals surface area contributed by atoms with Crippen LogP contribution >= 0.6 is 0 Å². The smallest absolute Gasteiger partial charge is 0.281 e. The van der Waals surface area contributed by atoms with E-state index in [0.717, 1.165) is 25.7 Å². The highest BCUT2D eigenvalue weighted by molar-refractivity contribution is 7.86. The van der Waals surface area contributed by atoms with Gasteiger partial charge in [0.15, 0.2) is 0 Å². The van der Waals surface area contributed by atoms with Crippen LogP contribution in [-0.4, -0.2) is 55.7 Å². The lowest BCUT2D eigenvalue weighted by molar-refractivity contribution is -0.119. The Balaban J connectivity index is 1.64. The van der Waals surface area contributed by atoms with E-state index in [4.69, 9.17) is 0 Å². The van der Waals surface area contributed by atoms with Gasteiger partial charge in [0, 0.05) is 39.1 Å². The van der Waals surface area contributed by atoms with E-state index < -0.39 is 10.2 Å². The van der Waals surface area contributed by atoms with E-state index >= 15 is 0 Å². The van der Waals surface area contributed by atoms with E-state index in [0.29, 0.717) is 45.1 Å². The topological polar surface area (TPSA) is 69.7 Å². The Morgan fingerprint density at radius 1 is 1.19 bits per heavy atom. The maximum absolute atomic E-state index is 12.7. The molecule has 7 heteroatoms. The maximum atomic E-state index is 12.7. The van der Waals surface area contributed by atoms with Crippen molar-refractivity contribution in [2.75, 3.05) is 32.7 Å². The summed E-state index contributed by atoms with van der Waals surface area (Å²) in [6.45, 7) is 5.20. The number of carbonyl (C=O) groups excluding carboxylic acids is 1. The molecule has 21 heavy (non-hydrogen) atoms. The van der Waals surface area contributed by atoms with Crippen molar-refractivity contribution in [2.24, 2.45) is 11.3 Å². The first-order chi connectivity index (χ1) is 9.91. The molecule has 3 heterocycles. The van der Waals surface area contributed by atoms with Gasteiger partial charge in [-0.05, 0) is 37.0 Å². The summed E-state index contributed by atoms with van der Waals surface area (Å²) in [6.07, 6.45) is 4.20. The molecule has 1 amide bonds. The SMILES string of the molecule is CC1CCCN(S(=O)(=O)N2CCC3(CC2)CNC(=O)C3)C1. The lowest BCUT2D eigenvalue weighted by Crippen LogP contribution is -2.51. The first-order valence-corrected chi connectivity index (χ1v) is 9.33. The van der Waals surface area contributed by atoms with Gasteiger partial charge in [-0.1, -0.05) is 6.92 Å². The lowest BCUT2D eigenvalue weighted by atomic mass is 9.78. The van der Waals surface area contributed by atoms with Crippen LogP contribution in [-0.2, 0) is 15.0 Å². The highest BCUT2D eigenvalue weighted by atomic mass is 32.2. The van der Waals surface area contributed by atoms with Gasteiger partial charge in [-0.3, -0.25) is 4.79 Å². The third-order valence-electron chi connectivity index (χ3n) is 5.25. The Bertz CT molecular complexity index is 512. The molecule has 1 unspecified atom stereocenters. The summed E-state index contributed by atoms with van der Waals surface area (Å²) >= 11 is 0. The molecule has 1 N–H and O–H groups in total. The standard InChI is InChI=1S/C14H25N3O3S/c1-12-3-2-6-17(10-12)21(19,20)16-7-4-14(5-8-16)9-13(18)15-11-14/h12H,2-11H2,1H3,(H,15,18). The van der Waals surface area contributed by atoms with Gasteiger partial charge in [0.2, 0.25) is 5.91 Å². The van der Waals surface area contributed by atoms with Crippen molar-refractivity contribution >= 4 is 16.1 Å². The fourth-order valence-electron chi connectivity index (χ4n) is 3.82. The molecule has 0 saturated carbocycles. The van der Waals surface area contributed by atoms with Crippen LogP contribution in [0.25, 0.3) is 0 Å². The molecule has 0 aromatic rings. The summed E-state index contributed by atoms with van der Waals surface area (Å²) in [4.78, 5) is 11.4. The van der Waals surface area contributed by atoms with Crippen LogP contribution in [0.4, 0.5) is 0 Å². The molecular formula is C14H25N3O3S. The molecular weight excluding hydrogens is 290 g/mol. The average Bonchev–Trinajstić information content (AvgIpc) is 2.80. The lowest BCUT2D eigenvalue weighted by Gasteiger charge is -2.40. The third-order valence-corrected chi connectivity index (χ3v) is 7.25. The third kappa shape index (κ3) is 2.96. The molecule has 120 valence electrons. The van der Waals surface area contributed by atoms with Gasteiger partial charge in [0.05, 0.1) is 0 Å². The zero-order chi connectivity index (χ0) is 15.1. The molecule has 3 aliphatic heterocycles. The van der Waals surface area contributed by atoms with Gasteiger partial charge in [0.1, 0.15) is 0 Å². The quantitative estimate of drug-likeness (QED) is 0.810. The fourth-order valence-corrected chi connectivity index (χ4v) is 5.59. The van der Waals surface area contributed by atoms with E-state index in [-0.39, 0.29) is 11.3 Å². The molecule has 3 fully saturated rings. The van der Waals surface area contributed by atoms with Crippen molar-refractivity contribution in [3.05, 3.63) is 0 Å². The zero-order valence-electron chi connectivity index (χ0n) is 12.7. The minimum atomic E-state index is -3.32. The van der Waals surface area contributed by atoms with Crippen LogP contribution in [0.5, 0.6) is 0 Å². The van der Waals surface area contributed by atoms with E-state index in [1.807, 2.05) is 0 Å². The Kier molecular flexibility index (Phi) is 4.00. The van der Waals surface area contributed by atoms with Crippen molar-refractivity contribution < 1.29 is 13.2 Å². The van der Waals surface area contributed by atoms with E-state index in [1.54, 1.807) is 8.61 Å². The van der Waals surface area contributed by atoms with Crippen molar-refractivity contribution in [2.45, 2.75) is 39.0 Å². The average molecular weight is 315 g/mol. The number of nitrogens with zero attached hydrogens (tertiary/aromatic N) is 2. The summed E-state index contributed by atoms with van der Waals surface area (Å²) in [5, 5.41) is 2.89. The van der Waals surface area contributed by atoms with Crippen molar-refractivity contribution in [1.29, 1.82) is 0 Å². The highest BCUT2D eigenvalue weighted by Gasteiger charge is 2.44. The Morgan fingerprint density at radius 3 is 2.48 bits per heavy atom. The van der Waals surface area contributed by atoms with Crippen LogP contribution in [0.1, 0.15) is 39.0 Å². The first kappa shape index (κ1) is 15.2. The van der Waals surface area contributed by atoms with Gasteiger partial charge in [-0.25, -0.2) is 0 Å². The first-order valence-electron chi connectivity index (χ1n) is 7.93. The zero-order valence-corrected chi connectivity index (χ0v) is 13.5. The monoisotopic (exact) mass is 315 g/mol. The van der Waals surface area contributed by atoms with Crippen LogP contribution in [0.15, 0.2) is 0 Å². The number of amides is 1. The second kappa shape index (κ2) is 5.52. The number of hydrogen-bond donors (Lipinski definition) is 1. The number of carbonyl (C=O) groups is 1. The summed E-state index contributed by atoms with van der Waals surface area (Å²) in [6, 6.07) is 0. The molecule has 6 nitrogen and oxygen atoms in total. The molecule has 1 atom stereocenters. The van der Waals surface area contributed by atoms with Crippen LogP contribution in [0, 0.1) is 11.3 Å². The van der Waals surface area contributed by atoms with Crippen LogP contribution in [0.2, 0.25) is 0 Å². The summed E-state index contributed by atoms with van der Waals surface area (Å²) in [5.41, 5.74) is -0.00169. The van der Waals surface area contributed by atoms with Gasteiger partial charge >= 0.3 is 0 Å². The van der Waals surface area contributed by atoms with Crippen LogP contribution in [0.3, 0.4) is 0 Å². The van der Waals surface area contributed by atoms with Crippen LogP contribution < -0.4 is 5.32 Å².